The Balaban J connectivity index is 2.04. The van der Waals surface area contributed by atoms with E-state index >= 15 is 0 Å². The van der Waals surface area contributed by atoms with Crippen molar-refractivity contribution in [1.29, 1.82) is 0 Å². The second-order valence-electron chi connectivity index (χ2n) is 4.44. The molecule has 0 radical (unpaired) electrons. The fraction of sp³-hybridized carbons (Fsp3) is 0.889. The maximum Gasteiger partial charge on any atom is 0.153 e. The van der Waals surface area contributed by atoms with Gasteiger partial charge in [0.25, 0.3) is 0 Å². The zero-order valence-corrected chi connectivity index (χ0v) is 8.70. The van der Waals surface area contributed by atoms with E-state index < -0.39 is 0 Å². The van der Waals surface area contributed by atoms with Crippen LogP contribution in [0.4, 0.5) is 0 Å². The molecule has 2 atom stereocenters. The number of hydrogen-bond donors (Lipinski definition) is 2. The Morgan fingerprint density at radius 1 is 1.43 bits per heavy atom. The van der Waals surface area contributed by atoms with Crippen molar-refractivity contribution in [1.82, 2.24) is 25.9 Å². The monoisotopic (exact) mass is 195 g/mol. The lowest BCUT2D eigenvalue weighted by atomic mass is 9.88. The van der Waals surface area contributed by atoms with E-state index in [4.69, 9.17) is 0 Å². The van der Waals surface area contributed by atoms with E-state index in [1.54, 1.807) is 0 Å². The highest BCUT2D eigenvalue weighted by Gasteiger charge is 2.31. The van der Waals surface area contributed by atoms with E-state index in [-0.39, 0.29) is 0 Å². The first-order valence-electron chi connectivity index (χ1n) is 5.21. The third-order valence-electron chi connectivity index (χ3n) is 2.83. The van der Waals surface area contributed by atoms with Crippen LogP contribution in [0, 0.1) is 11.8 Å². The lowest BCUT2D eigenvalue weighted by Crippen LogP contribution is -2.14. The van der Waals surface area contributed by atoms with E-state index in [2.05, 4.69) is 39.8 Å². The first kappa shape index (κ1) is 9.58. The Bertz CT molecular complexity index is 269. The lowest BCUT2D eigenvalue weighted by molar-refractivity contribution is 0.397. The molecular formula is C9H17N5. The molecule has 1 aliphatic heterocycles. The fourth-order valence-corrected chi connectivity index (χ4v) is 2.23. The molecule has 1 saturated heterocycles. The number of aromatic nitrogens is 4. The highest BCUT2D eigenvalue weighted by molar-refractivity contribution is 5.00. The number of nitrogens with one attached hydrogen (secondary N) is 2. The van der Waals surface area contributed by atoms with Gasteiger partial charge >= 0.3 is 0 Å². The minimum Gasteiger partial charge on any atom is -0.316 e. The molecule has 0 amide bonds. The van der Waals surface area contributed by atoms with Crippen LogP contribution in [0.2, 0.25) is 0 Å². The summed E-state index contributed by atoms with van der Waals surface area (Å²) in [5, 5.41) is 17.5. The second kappa shape index (κ2) is 4.04. The minimum absolute atomic E-state index is 0.465. The van der Waals surface area contributed by atoms with Crippen LogP contribution in [0.5, 0.6) is 0 Å². The van der Waals surface area contributed by atoms with Crippen molar-refractivity contribution in [3.8, 4) is 0 Å². The molecule has 0 aromatic carbocycles. The summed E-state index contributed by atoms with van der Waals surface area (Å²) in [5.41, 5.74) is 0. The zero-order valence-electron chi connectivity index (χ0n) is 8.70. The summed E-state index contributed by atoms with van der Waals surface area (Å²) >= 11 is 0. The highest BCUT2D eigenvalue weighted by atomic mass is 15.5. The SMILES string of the molecule is CC(C)C[C@@H]1CNC[C@@H]1c1nnn[nH]1. The third kappa shape index (κ3) is 1.92. The summed E-state index contributed by atoms with van der Waals surface area (Å²) in [6, 6.07) is 0. The summed E-state index contributed by atoms with van der Waals surface area (Å²) in [5.74, 6) is 2.80. The first-order chi connectivity index (χ1) is 6.77. The van der Waals surface area contributed by atoms with Gasteiger partial charge in [-0.15, -0.1) is 5.10 Å². The summed E-state index contributed by atoms with van der Waals surface area (Å²) in [7, 11) is 0. The molecule has 78 valence electrons. The zero-order chi connectivity index (χ0) is 9.97. The van der Waals surface area contributed by atoms with Gasteiger partial charge in [0, 0.05) is 12.5 Å². The van der Waals surface area contributed by atoms with Gasteiger partial charge in [0.05, 0.1) is 0 Å². The molecule has 5 heteroatoms. The summed E-state index contributed by atoms with van der Waals surface area (Å²) in [6.45, 7) is 6.60. The average molecular weight is 195 g/mol. The second-order valence-corrected chi connectivity index (χ2v) is 4.44. The Labute approximate surface area is 83.7 Å². The predicted octanol–water partition coefficient (Wildman–Crippen LogP) is 0.549. The molecular weight excluding hydrogens is 178 g/mol. The van der Waals surface area contributed by atoms with Crippen LogP contribution in [-0.2, 0) is 0 Å². The molecule has 1 aromatic rings. The number of nitrogens with zero attached hydrogens (tertiary/aromatic N) is 3. The van der Waals surface area contributed by atoms with Crippen LogP contribution in [-0.4, -0.2) is 33.7 Å². The molecule has 5 nitrogen and oxygen atoms in total. The number of aromatic amines is 1. The Morgan fingerprint density at radius 3 is 2.93 bits per heavy atom. The van der Waals surface area contributed by atoms with Crippen LogP contribution in [0.25, 0.3) is 0 Å². The largest absolute Gasteiger partial charge is 0.316 e. The molecule has 0 aliphatic carbocycles. The fourth-order valence-electron chi connectivity index (χ4n) is 2.23. The average Bonchev–Trinajstić information content (AvgIpc) is 2.70. The van der Waals surface area contributed by atoms with Gasteiger partial charge in [-0.1, -0.05) is 13.8 Å². The Hall–Kier alpha value is -0.970. The van der Waals surface area contributed by atoms with Crippen LogP contribution in [0.15, 0.2) is 0 Å². The van der Waals surface area contributed by atoms with E-state index in [0.29, 0.717) is 11.8 Å². The quantitative estimate of drug-likeness (QED) is 0.739. The standard InChI is InChI=1S/C9H17N5/c1-6(2)3-7-4-10-5-8(7)9-11-13-14-12-9/h6-8,10H,3-5H2,1-2H3,(H,11,12,13,14)/t7-,8+/m1/s1. The number of hydrogen-bond acceptors (Lipinski definition) is 4. The van der Waals surface area contributed by atoms with E-state index in [0.717, 1.165) is 24.8 Å². The van der Waals surface area contributed by atoms with Crippen molar-refractivity contribution in [2.45, 2.75) is 26.2 Å². The van der Waals surface area contributed by atoms with Gasteiger partial charge in [0.2, 0.25) is 0 Å². The molecule has 0 saturated carbocycles. The van der Waals surface area contributed by atoms with Crippen LogP contribution < -0.4 is 5.32 Å². The molecule has 2 N–H and O–H groups in total. The summed E-state index contributed by atoms with van der Waals surface area (Å²) < 4.78 is 0. The number of rotatable bonds is 3. The van der Waals surface area contributed by atoms with E-state index in [9.17, 15) is 0 Å². The highest BCUT2D eigenvalue weighted by Crippen LogP contribution is 2.29. The maximum atomic E-state index is 4.00. The molecule has 0 spiro atoms. The summed E-state index contributed by atoms with van der Waals surface area (Å²) in [6.07, 6.45) is 1.23. The normalized spacial score (nSPS) is 27.4. The van der Waals surface area contributed by atoms with Gasteiger partial charge < -0.3 is 5.32 Å². The lowest BCUT2D eigenvalue weighted by Gasteiger charge is -2.17. The molecule has 0 unspecified atom stereocenters. The van der Waals surface area contributed by atoms with Crippen LogP contribution in [0.1, 0.15) is 32.0 Å². The van der Waals surface area contributed by atoms with Crippen molar-refractivity contribution in [3.63, 3.8) is 0 Å². The van der Waals surface area contributed by atoms with Gasteiger partial charge in [0.1, 0.15) is 0 Å². The van der Waals surface area contributed by atoms with E-state index in [1.807, 2.05) is 0 Å². The molecule has 1 aromatic heterocycles. The van der Waals surface area contributed by atoms with Crippen LogP contribution in [0.3, 0.4) is 0 Å². The number of H-pyrrole nitrogens is 1. The molecule has 2 heterocycles. The van der Waals surface area contributed by atoms with Crippen molar-refractivity contribution in [2.24, 2.45) is 11.8 Å². The number of tetrazole rings is 1. The Kier molecular flexibility index (Phi) is 2.77. The summed E-state index contributed by atoms with van der Waals surface area (Å²) in [4.78, 5) is 0. The van der Waals surface area contributed by atoms with Gasteiger partial charge in [-0.2, -0.15) is 0 Å². The van der Waals surface area contributed by atoms with Crippen molar-refractivity contribution in [2.75, 3.05) is 13.1 Å². The van der Waals surface area contributed by atoms with Gasteiger partial charge in [-0.05, 0) is 35.2 Å². The smallest absolute Gasteiger partial charge is 0.153 e. The van der Waals surface area contributed by atoms with Crippen molar-refractivity contribution < 1.29 is 0 Å². The minimum atomic E-state index is 0.465. The molecule has 0 bridgehead atoms. The first-order valence-corrected chi connectivity index (χ1v) is 5.21. The molecule has 1 fully saturated rings. The van der Waals surface area contributed by atoms with Gasteiger partial charge in [-0.3, -0.25) is 0 Å². The predicted molar refractivity (Wildman–Crippen MR) is 52.7 cm³/mol. The maximum absolute atomic E-state index is 4.00. The third-order valence-corrected chi connectivity index (χ3v) is 2.83. The van der Waals surface area contributed by atoms with Crippen molar-refractivity contribution in [3.05, 3.63) is 5.82 Å². The topological polar surface area (TPSA) is 66.5 Å². The molecule has 2 rings (SSSR count). The van der Waals surface area contributed by atoms with Crippen LogP contribution >= 0.6 is 0 Å². The van der Waals surface area contributed by atoms with Gasteiger partial charge in [-0.25, -0.2) is 5.10 Å². The molecule has 14 heavy (non-hydrogen) atoms. The Morgan fingerprint density at radius 2 is 2.29 bits per heavy atom. The van der Waals surface area contributed by atoms with Gasteiger partial charge in [0.15, 0.2) is 5.82 Å². The van der Waals surface area contributed by atoms with E-state index in [1.165, 1.54) is 6.42 Å². The molecule has 1 aliphatic rings. The van der Waals surface area contributed by atoms with Crippen molar-refractivity contribution >= 4 is 0 Å².